The summed E-state index contributed by atoms with van der Waals surface area (Å²) in [6.07, 6.45) is -4.36. The number of hydrogen-bond acceptors (Lipinski definition) is 2. The lowest BCUT2D eigenvalue weighted by atomic mass is 9.78. The molecule has 0 N–H and O–H groups in total. The number of hydrogen-bond donors (Lipinski definition) is 0. The second-order valence-electron chi connectivity index (χ2n) is 14.4. The minimum absolute atomic E-state index is 0.146. The van der Waals surface area contributed by atoms with Gasteiger partial charge in [0.2, 0.25) is 0 Å². The van der Waals surface area contributed by atoms with Crippen LogP contribution in [0.4, 0.5) is 41.6 Å². The van der Waals surface area contributed by atoms with E-state index in [-0.39, 0.29) is 10.8 Å². The summed E-state index contributed by atoms with van der Waals surface area (Å²) in [6, 6.07) is 46.6. The maximum Gasteiger partial charge on any atom is 0.416 e. The Labute approximate surface area is 293 Å². The van der Waals surface area contributed by atoms with Crippen LogP contribution in [0, 0.1) is 6.92 Å². The Morgan fingerprint density at radius 2 is 0.940 bits per heavy atom. The molecule has 0 radical (unpaired) electrons. The molecule has 0 atom stereocenters. The highest BCUT2D eigenvalue weighted by molar-refractivity contribution is 5.87. The van der Waals surface area contributed by atoms with Crippen molar-refractivity contribution in [2.45, 2.75) is 51.6 Å². The molecule has 0 fully saturated rings. The molecule has 0 saturated carbocycles. The van der Waals surface area contributed by atoms with Crippen molar-refractivity contribution in [2.24, 2.45) is 0 Å². The van der Waals surface area contributed by atoms with Gasteiger partial charge in [-0.15, -0.1) is 0 Å². The van der Waals surface area contributed by atoms with Crippen molar-refractivity contribution >= 4 is 28.4 Å². The standard InChI is InChI=1S/C45H41F3N2/c1-30-12-14-31(15-13-30)43(2,3)32-16-22-36(23-17-32)50(35-10-8-7-9-11-35)38-25-27-40-39-26-24-37(28-41(39)44(4,5)42(40)29-38)49(6)34-20-18-33(19-21-34)45(46,47)48/h7-29H,1-6H3. The van der Waals surface area contributed by atoms with Crippen LogP contribution in [0.3, 0.4) is 0 Å². The maximum atomic E-state index is 13.2. The lowest BCUT2D eigenvalue weighted by Gasteiger charge is -2.30. The minimum Gasteiger partial charge on any atom is -0.345 e. The van der Waals surface area contributed by atoms with Gasteiger partial charge in [-0.3, -0.25) is 0 Å². The maximum absolute atomic E-state index is 13.2. The molecule has 1 aliphatic rings. The molecule has 5 heteroatoms. The van der Waals surface area contributed by atoms with Crippen LogP contribution in [-0.2, 0) is 17.0 Å². The van der Waals surface area contributed by atoms with Gasteiger partial charge in [-0.25, -0.2) is 0 Å². The fourth-order valence-electron chi connectivity index (χ4n) is 7.27. The fraction of sp³-hybridized carbons (Fsp3) is 0.200. The number of aryl methyl sites for hydroxylation is 1. The molecule has 0 heterocycles. The first-order chi connectivity index (χ1) is 23.7. The predicted molar refractivity (Wildman–Crippen MR) is 202 cm³/mol. The summed E-state index contributed by atoms with van der Waals surface area (Å²) in [7, 11) is 1.89. The number of fused-ring (bicyclic) bond motifs is 3. The molecular formula is C45H41F3N2. The van der Waals surface area contributed by atoms with Crippen LogP contribution in [0.25, 0.3) is 11.1 Å². The second kappa shape index (κ2) is 12.2. The summed E-state index contributed by atoms with van der Waals surface area (Å²) in [5.41, 5.74) is 12.3. The normalized spacial score (nSPS) is 13.5. The summed E-state index contributed by atoms with van der Waals surface area (Å²) >= 11 is 0. The summed E-state index contributed by atoms with van der Waals surface area (Å²) in [6.45, 7) is 11.2. The van der Waals surface area contributed by atoms with Gasteiger partial charge in [0.1, 0.15) is 0 Å². The third kappa shape index (κ3) is 5.85. The average molecular weight is 667 g/mol. The van der Waals surface area contributed by atoms with Crippen LogP contribution >= 0.6 is 0 Å². The van der Waals surface area contributed by atoms with E-state index in [1.54, 1.807) is 0 Å². The van der Waals surface area contributed by atoms with Gasteiger partial charge in [0, 0.05) is 46.3 Å². The van der Waals surface area contributed by atoms with Crippen molar-refractivity contribution in [3.05, 3.63) is 173 Å². The summed E-state index contributed by atoms with van der Waals surface area (Å²) in [5.74, 6) is 0. The zero-order valence-electron chi connectivity index (χ0n) is 29.3. The van der Waals surface area contributed by atoms with Gasteiger partial charge in [-0.05, 0) is 113 Å². The monoisotopic (exact) mass is 666 g/mol. The van der Waals surface area contributed by atoms with E-state index in [0.717, 1.165) is 34.9 Å². The largest absolute Gasteiger partial charge is 0.416 e. The van der Waals surface area contributed by atoms with Crippen molar-refractivity contribution in [3.8, 4) is 11.1 Å². The molecule has 50 heavy (non-hydrogen) atoms. The van der Waals surface area contributed by atoms with Gasteiger partial charge in [-0.2, -0.15) is 13.2 Å². The van der Waals surface area contributed by atoms with E-state index in [9.17, 15) is 13.2 Å². The van der Waals surface area contributed by atoms with Crippen LogP contribution in [0.1, 0.15) is 61.1 Å². The molecule has 6 aromatic rings. The summed E-state index contributed by atoms with van der Waals surface area (Å²) in [5, 5.41) is 0. The van der Waals surface area contributed by atoms with E-state index in [1.807, 2.05) is 24.1 Å². The number of halogens is 3. The van der Waals surface area contributed by atoms with E-state index in [1.165, 1.54) is 51.1 Å². The highest BCUT2D eigenvalue weighted by atomic mass is 19.4. The van der Waals surface area contributed by atoms with Crippen LogP contribution in [-0.4, -0.2) is 7.05 Å². The van der Waals surface area contributed by atoms with Crippen molar-refractivity contribution in [1.82, 2.24) is 0 Å². The number of para-hydroxylation sites is 1. The van der Waals surface area contributed by atoms with E-state index >= 15 is 0 Å². The number of benzene rings is 6. The first-order valence-electron chi connectivity index (χ1n) is 17.0. The molecule has 6 aromatic carbocycles. The van der Waals surface area contributed by atoms with Gasteiger partial charge >= 0.3 is 6.18 Å². The van der Waals surface area contributed by atoms with Crippen LogP contribution in [0.15, 0.2) is 140 Å². The summed E-state index contributed by atoms with van der Waals surface area (Å²) in [4.78, 5) is 4.25. The topological polar surface area (TPSA) is 6.48 Å². The lowest BCUT2D eigenvalue weighted by molar-refractivity contribution is -0.137. The van der Waals surface area contributed by atoms with Crippen LogP contribution in [0.5, 0.6) is 0 Å². The average Bonchev–Trinajstić information content (AvgIpc) is 3.33. The molecule has 1 aliphatic carbocycles. The van der Waals surface area contributed by atoms with Gasteiger partial charge < -0.3 is 9.80 Å². The molecule has 0 amide bonds. The van der Waals surface area contributed by atoms with Gasteiger partial charge in [0.15, 0.2) is 0 Å². The molecular weight excluding hydrogens is 626 g/mol. The Morgan fingerprint density at radius 1 is 0.500 bits per heavy atom. The molecule has 0 spiro atoms. The number of nitrogens with zero attached hydrogens (tertiary/aromatic N) is 2. The second-order valence-corrected chi connectivity index (χ2v) is 14.4. The number of anilines is 5. The van der Waals surface area contributed by atoms with E-state index in [2.05, 4.69) is 143 Å². The van der Waals surface area contributed by atoms with Crippen molar-refractivity contribution in [3.63, 3.8) is 0 Å². The fourth-order valence-corrected chi connectivity index (χ4v) is 7.27. The van der Waals surface area contributed by atoms with E-state index < -0.39 is 11.7 Å². The number of alkyl halides is 3. The zero-order chi connectivity index (χ0) is 35.4. The van der Waals surface area contributed by atoms with E-state index in [4.69, 9.17) is 0 Å². The molecule has 2 nitrogen and oxygen atoms in total. The smallest absolute Gasteiger partial charge is 0.345 e. The molecule has 0 aromatic heterocycles. The van der Waals surface area contributed by atoms with Crippen LogP contribution in [0.2, 0.25) is 0 Å². The van der Waals surface area contributed by atoms with Crippen molar-refractivity contribution in [2.75, 3.05) is 16.8 Å². The Kier molecular flexibility index (Phi) is 8.13. The van der Waals surface area contributed by atoms with Crippen molar-refractivity contribution in [1.29, 1.82) is 0 Å². The first-order valence-corrected chi connectivity index (χ1v) is 17.0. The highest BCUT2D eigenvalue weighted by Crippen LogP contribution is 2.52. The molecule has 7 rings (SSSR count). The van der Waals surface area contributed by atoms with Gasteiger partial charge in [0.05, 0.1) is 5.56 Å². The molecule has 0 unspecified atom stereocenters. The van der Waals surface area contributed by atoms with Crippen LogP contribution < -0.4 is 9.80 Å². The third-order valence-corrected chi connectivity index (χ3v) is 10.5. The Balaban J connectivity index is 1.23. The molecule has 0 bridgehead atoms. The Hall–Kier alpha value is -5.29. The molecule has 0 saturated heterocycles. The number of rotatable bonds is 7. The summed E-state index contributed by atoms with van der Waals surface area (Å²) < 4.78 is 39.6. The highest BCUT2D eigenvalue weighted by Gasteiger charge is 2.37. The minimum atomic E-state index is -4.36. The van der Waals surface area contributed by atoms with Gasteiger partial charge in [-0.1, -0.05) is 100.0 Å². The first kappa shape index (κ1) is 33.2. The zero-order valence-corrected chi connectivity index (χ0v) is 29.3. The van der Waals surface area contributed by atoms with E-state index in [0.29, 0.717) is 5.69 Å². The Morgan fingerprint density at radius 3 is 1.50 bits per heavy atom. The molecule has 252 valence electrons. The third-order valence-electron chi connectivity index (χ3n) is 10.5. The Bertz CT molecular complexity index is 2150. The quantitative estimate of drug-likeness (QED) is 0.167. The SMILES string of the molecule is Cc1ccc(C(C)(C)c2ccc(N(c3ccccc3)c3ccc4c(c3)C(C)(C)c3cc(N(C)c5ccc(C(F)(F)F)cc5)ccc3-4)cc2)cc1. The van der Waals surface area contributed by atoms with Crippen molar-refractivity contribution < 1.29 is 13.2 Å². The molecule has 0 aliphatic heterocycles. The predicted octanol–water partition coefficient (Wildman–Crippen LogP) is 12.9. The van der Waals surface area contributed by atoms with Gasteiger partial charge in [0.25, 0.3) is 0 Å². The lowest BCUT2D eigenvalue weighted by Crippen LogP contribution is -2.19.